The summed E-state index contributed by atoms with van der Waals surface area (Å²) in [6, 6.07) is 6.14. The number of aromatic nitrogens is 3. The second kappa shape index (κ2) is 8.05. The number of nitrogens with zero attached hydrogens (tertiary/aromatic N) is 3. The van der Waals surface area contributed by atoms with Gasteiger partial charge in [-0.2, -0.15) is 0 Å². The summed E-state index contributed by atoms with van der Waals surface area (Å²) in [5.41, 5.74) is 0.755. The highest BCUT2D eigenvalue weighted by molar-refractivity contribution is 5.96. The van der Waals surface area contributed by atoms with E-state index < -0.39 is 29.3 Å². The first kappa shape index (κ1) is 21.8. The van der Waals surface area contributed by atoms with Crippen molar-refractivity contribution in [3.8, 4) is 5.88 Å². The normalized spacial score (nSPS) is 11.4. The van der Waals surface area contributed by atoms with Crippen LogP contribution >= 0.6 is 0 Å². The fraction of sp³-hybridized carbons (Fsp3) is 0.286. The maximum absolute atomic E-state index is 12.5. The van der Waals surface area contributed by atoms with E-state index in [4.69, 9.17) is 4.74 Å². The number of aromatic hydroxyl groups is 1. The largest absolute Gasteiger partial charge is 0.493 e. The van der Waals surface area contributed by atoms with Gasteiger partial charge in [0.25, 0.3) is 5.91 Å². The molecular formula is C21H22N4O6. The number of aromatic carboxylic acids is 1. The van der Waals surface area contributed by atoms with Crippen LogP contribution in [0, 0.1) is 6.92 Å². The molecule has 0 saturated heterocycles. The molecule has 10 nitrogen and oxygen atoms in total. The lowest BCUT2D eigenvalue weighted by Crippen LogP contribution is -2.25. The van der Waals surface area contributed by atoms with Crippen LogP contribution in [0.2, 0.25) is 0 Å². The molecule has 0 saturated carbocycles. The van der Waals surface area contributed by atoms with E-state index in [9.17, 15) is 24.6 Å². The van der Waals surface area contributed by atoms with E-state index in [1.165, 1.54) is 0 Å². The molecule has 0 radical (unpaired) electrons. The lowest BCUT2D eigenvalue weighted by atomic mass is 10.0. The van der Waals surface area contributed by atoms with Crippen LogP contribution < -0.4 is 5.32 Å². The third kappa shape index (κ3) is 4.80. The molecular weight excluding hydrogens is 404 g/mol. The van der Waals surface area contributed by atoms with E-state index >= 15 is 0 Å². The number of hydrogen-bond donors (Lipinski definition) is 3. The van der Waals surface area contributed by atoms with Gasteiger partial charge in [-0.3, -0.25) is 4.79 Å². The van der Waals surface area contributed by atoms with Crippen LogP contribution in [0.5, 0.6) is 5.88 Å². The third-order valence-corrected chi connectivity index (χ3v) is 4.27. The van der Waals surface area contributed by atoms with Crippen molar-refractivity contribution in [1.29, 1.82) is 0 Å². The number of carboxylic acids is 1. The number of fused-ring (bicyclic) bond motifs is 1. The molecule has 0 atom stereocenters. The Labute approximate surface area is 177 Å². The number of nitrogens with one attached hydrogen (secondary N) is 1. The lowest BCUT2D eigenvalue weighted by Gasteiger charge is -2.20. The van der Waals surface area contributed by atoms with Crippen LogP contribution in [0.25, 0.3) is 5.78 Å². The topological polar surface area (TPSA) is 143 Å². The van der Waals surface area contributed by atoms with E-state index in [2.05, 4.69) is 15.3 Å². The number of hydrogen-bond acceptors (Lipinski definition) is 7. The lowest BCUT2D eigenvalue weighted by molar-refractivity contribution is 0.00684. The summed E-state index contributed by atoms with van der Waals surface area (Å²) in [4.78, 5) is 44.1. The summed E-state index contributed by atoms with van der Waals surface area (Å²) in [5, 5.41) is 21.7. The van der Waals surface area contributed by atoms with Gasteiger partial charge in [-0.15, -0.1) is 0 Å². The molecule has 0 fully saturated rings. The monoisotopic (exact) mass is 426 g/mol. The Bertz CT molecular complexity index is 1190. The molecule has 2 heterocycles. The molecule has 0 aliphatic rings. The molecule has 162 valence electrons. The van der Waals surface area contributed by atoms with E-state index in [1.54, 1.807) is 45.9 Å². The van der Waals surface area contributed by atoms with Crippen LogP contribution in [-0.2, 0) is 11.3 Å². The Balaban J connectivity index is 1.76. The number of amides is 1. The van der Waals surface area contributed by atoms with Gasteiger partial charge in [-0.25, -0.2) is 24.0 Å². The minimum atomic E-state index is -1.34. The number of imidazole rings is 1. The zero-order valence-electron chi connectivity index (χ0n) is 17.5. The van der Waals surface area contributed by atoms with Crippen molar-refractivity contribution in [2.75, 3.05) is 0 Å². The highest BCUT2D eigenvalue weighted by Gasteiger charge is 2.21. The van der Waals surface area contributed by atoms with E-state index in [0.29, 0.717) is 11.1 Å². The van der Waals surface area contributed by atoms with E-state index in [-0.39, 0.29) is 23.7 Å². The molecule has 0 aliphatic heterocycles. The van der Waals surface area contributed by atoms with Gasteiger partial charge in [-0.05, 0) is 44.9 Å². The SMILES string of the molecule is Cc1cc(CNC(=O)c2cc(C(=O)O)n3c(O)cnc3n2)ccc1C(=O)OC(C)(C)C. The van der Waals surface area contributed by atoms with Crippen LogP contribution in [-0.4, -0.2) is 48.0 Å². The predicted octanol–water partition coefficient (Wildman–Crippen LogP) is 2.33. The fourth-order valence-electron chi connectivity index (χ4n) is 2.92. The van der Waals surface area contributed by atoms with Crippen LogP contribution in [0.4, 0.5) is 0 Å². The smallest absolute Gasteiger partial charge is 0.353 e. The van der Waals surface area contributed by atoms with Gasteiger partial charge >= 0.3 is 11.9 Å². The quantitative estimate of drug-likeness (QED) is 0.528. The molecule has 0 bridgehead atoms. The summed E-state index contributed by atoms with van der Waals surface area (Å²) in [5.74, 6) is -2.89. The molecule has 0 aliphatic carbocycles. The third-order valence-electron chi connectivity index (χ3n) is 4.27. The van der Waals surface area contributed by atoms with Crippen molar-refractivity contribution in [3.05, 3.63) is 58.5 Å². The molecule has 2 aromatic heterocycles. The number of benzene rings is 1. The summed E-state index contributed by atoms with van der Waals surface area (Å²) < 4.78 is 6.31. The zero-order valence-corrected chi connectivity index (χ0v) is 17.5. The summed E-state index contributed by atoms with van der Waals surface area (Å²) in [6.07, 6.45) is 1.05. The molecule has 3 N–H and O–H groups in total. The highest BCUT2D eigenvalue weighted by Crippen LogP contribution is 2.18. The first-order valence-corrected chi connectivity index (χ1v) is 9.38. The number of carboxylic acid groups (broad SMARTS) is 1. The van der Waals surface area contributed by atoms with Gasteiger partial charge < -0.3 is 20.3 Å². The van der Waals surface area contributed by atoms with Crippen molar-refractivity contribution in [1.82, 2.24) is 19.7 Å². The number of rotatable bonds is 5. The maximum Gasteiger partial charge on any atom is 0.353 e. The van der Waals surface area contributed by atoms with Gasteiger partial charge in [0.2, 0.25) is 11.7 Å². The summed E-state index contributed by atoms with van der Waals surface area (Å²) in [7, 11) is 0. The molecule has 10 heteroatoms. The Morgan fingerprint density at radius 3 is 2.52 bits per heavy atom. The Hall–Kier alpha value is -3.95. The predicted molar refractivity (Wildman–Crippen MR) is 109 cm³/mol. The highest BCUT2D eigenvalue weighted by atomic mass is 16.6. The van der Waals surface area contributed by atoms with Crippen molar-refractivity contribution in [3.63, 3.8) is 0 Å². The van der Waals surface area contributed by atoms with Crippen LogP contribution in [0.15, 0.2) is 30.5 Å². The zero-order chi connectivity index (χ0) is 22.9. The summed E-state index contributed by atoms with van der Waals surface area (Å²) >= 11 is 0. The number of carbonyl (C=O) groups excluding carboxylic acids is 2. The molecule has 31 heavy (non-hydrogen) atoms. The Kier molecular flexibility index (Phi) is 5.65. The minimum Gasteiger partial charge on any atom is -0.493 e. The van der Waals surface area contributed by atoms with Gasteiger partial charge in [0.1, 0.15) is 17.0 Å². The molecule has 3 aromatic rings. The van der Waals surface area contributed by atoms with Crippen molar-refractivity contribution >= 4 is 23.6 Å². The van der Waals surface area contributed by atoms with Gasteiger partial charge in [0.15, 0.2) is 0 Å². The standard InChI is InChI=1S/C21H22N4O6/c1-11-7-12(5-6-13(11)19(30)31-21(2,3)4)9-22-17(27)14-8-15(18(28)29)25-16(26)10-23-20(25)24-14/h5-8,10,26H,9H2,1-4H3,(H,22,27)(H,28,29). The maximum atomic E-state index is 12.5. The van der Waals surface area contributed by atoms with E-state index in [1.807, 2.05) is 0 Å². The van der Waals surface area contributed by atoms with Crippen molar-refractivity contribution in [2.24, 2.45) is 0 Å². The van der Waals surface area contributed by atoms with E-state index in [0.717, 1.165) is 22.2 Å². The Morgan fingerprint density at radius 2 is 1.90 bits per heavy atom. The number of aryl methyl sites for hydroxylation is 1. The molecule has 3 rings (SSSR count). The molecule has 0 unspecified atom stereocenters. The minimum absolute atomic E-state index is 0.111. The van der Waals surface area contributed by atoms with Gasteiger partial charge in [0.05, 0.1) is 11.8 Å². The molecule has 0 spiro atoms. The van der Waals surface area contributed by atoms with Crippen LogP contribution in [0.3, 0.4) is 0 Å². The second-order valence-electron chi connectivity index (χ2n) is 7.92. The first-order chi connectivity index (χ1) is 14.5. The number of carbonyl (C=O) groups is 3. The number of esters is 1. The Morgan fingerprint density at radius 1 is 1.19 bits per heavy atom. The van der Waals surface area contributed by atoms with Crippen molar-refractivity contribution < 1.29 is 29.3 Å². The average Bonchev–Trinajstić information content (AvgIpc) is 3.04. The number of ether oxygens (including phenoxy) is 1. The molecule has 1 aromatic carbocycles. The fourth-order valence-corrected chi connectivity index (χ4v) is 2.92. The average molecular weight is 426 g/mol. The summed E-state index contributed by atoms with van der Waals surface area (Å²) in [6.45, 7) is 7.26. The van der Waals surface area contributed by atoms with Crippen LogP contribution in [0.1, 0.15) is 63.2 Å². The first-order valence-electron chi connectivity index (χ1n) is 9.38. The molecule has 1 amide bonds. The second-order valence-corrected chi connectivity index (χ2v) is 7.92. The van der Waals surface area contributed by atoms with Crippen molar-refractivity contribution in [2.45, 2.75) is 39.8 Å². The van der Waals surface area contributed by atoms with Gasteiger partial charge in [-0.1, -0.05) is 12.1 Å². The van der Waals surface area contributed by atoms with Gasteiger partial charge in [0, 0.05) is 12.6 Å².